The van der Waals surface area contributed by atoms with Gasteiger partial charge in [-0.15, -0.1) is 0 Å². The van der Waals surface area contributed by atoms with Gasteiger partial charge in [0.05, 0.1) is 0 Å². The maximum Gasteiger partial charge on any atom is 0.175 e. The highest BCUT2D eigenvalue weighted by molar-refractivity contribution is 7.95. The largest absolute Gasteiger partial charge is 0.766 e. The first-order valence-corrected chi connectivity index (χ1v) is 3.40. The van der Waals surface area contributed by atoms with Crippen LogP contribution in [-0.2, 0) is 11.1 Å². The second-order valence-corrected chi connectivity index (χ2v) is 2.47. The summed E-state index contributed by atoms with van der Waals surface area (Å²) in [6.45, 7) is 0. The summed E-state index contributed by atoms with van der Waals surface area (Å²) in [7, 11) is 4.68. The molecule has 0 N–H and O–H groups in total. The second-order valence-electron chi connectivity index (χ2n) is 1.64. The van der Waals surface area contributed by atoms with E-state index in [2.05, 4.69) is 4.99 Å². The smallest absolute Gasteiger partial charge is 0.175 e. The Kier molecular flexibility index (Phi) is 3.41. The third kappa shape index (κ3) is 2.57. The van der Waals surface area contributed by atoms with Crippen LogP contribution in [-0.4, -0.2) is 40.0 Å². The Morgan fingerprint density at radius 1 is 1.67 bits per heavy atom. The van der Waals surface area contributed by atoms with Gasteiger partial charge < -0.3 is 9.45 Å². The molecule has 0 rings (SSSR count). The molecular weight excluding hydrogens is 140 g/mol. The number of hydrogen-bond acceptors (Lipinski definition) is 3. The molecule has 1 atom stereocenters. The van der Waals surface area contributed by atoms with Crippen molar-refractivity contribution in [2.24, 2.45) is 4.99 Å². The van der Waals surface area contributed by atoms with E-state index in [0.717, 1.165) is 0 Å². The molecule has 9 heavy (non-hydrogen) atoms. The number of amidine groups is 1. The molecule has 0 heterocycles. The van der Waals surface area contributed by atoms with E-state index in [1.165, 1.54) is 11.9 Å². The first kappa shape index (κ1) is 8.58. The maximum atomic E-state index is 10.2. The monoisotopic (exact) mass is 149 g/mol. The first-order chi connectivity index (χ1) is 4.09. The summed E-state index contributed by atoms with van der Waals surface area (Å²) >= 11 is -2.21. The lowest BCUT2D eigenvalue weighted by Gasteiger charge is -2.16. The molecule has 0 amide bonds. The van der Waals surface area contributed by atoms with Crippen molar-refractivity contribution in [1.82, 2.24) is 4.90 Å². The summed E-state index contributed by atoms with van der Waals surface area (Å²) in [6, 6.07) is 0. The van der Waals surface area contributed by atoms with Crippen molar-refractivity contribution in [3.8, 4) is 0 Å². The zero-order valence-electron chi connectivity index (χ0n) is 5.62. The summed E-state index contributed by atoms with van der Waals surface area (Å²) < 4.78 is 20.4. The molecule has 0 fully saturated rings. The summed E-state index contributed by atoms with van der Waals surface area (Å²) in [5, 5.41) is 0.0648. The van der Waals surface area contributed by atoms with Gasteiger partial charge in [0.1, 0.15) is 0 Å². The average Bonchev–Trinajstić information content (AvgIpc) is 1.64. The van der Waals surface area contributed by atoms with Crippen molar-refractivity contribution in [2.45, 2.75) is 0 Å². The molecule has 0 aliphatic heterocycles. The summed E-state index contributed by atoms with van der Waals surface area (Å²) in [5.41, 5.74) is 0. The third-order valence-electron chi connectivity index (χ3n) is 0.723. The van der Waals surface area contributed by atoms with E-state index in [1.807, 2.05) is 0 Å². The van der Waals surface area contributed by atoms with Crippen LogP contribution >= 0.6 is 0 Å². The first-order valence-electron chi connectivity index (χ1n) is 2.33. The fraction of sp³-hybridized carbons (Fsp3) is 0.750. The van der Waals surface area contributed by atoms with Crippen LogP contribution in [0, 0.1) is 0 Å². The van der Waals surface area contributed by atoms with Gasteiger partial charge in [-0.1, -0.05) is 0 Å². The van der Waals surface area contributed by atoms with E-state index in [0.29, 0.717) is 0 Å². The topological polar surface area (TPSA) is 55.7 Å². The minimum absolute atomic E-state index is 0.0648. The fourth-order valence-corrected chi connectivity index (χ4v) is 0.871. The molecule has 0 radical (unpaired) electrons. The van der Waals surface area contributed by atoms with Gasteiger partial charge in [-0.25, -0.2) is 0 Å². The van der Waals surface area contributed by atoms with E-state index in [1.54, 1.807) is 14.1 Å². The molecule has 0 saturated heterocycles. The molecule has 0 saturated carbocycles. The second kappa shape index (κ2) is 3.58. The molecule has 0 aliphatic rings. The number of rotatable bonds is 0. The van der Waals surface area contributed by atoms with Crippen LogP contribution in [0.15, 0.2) is 4.99 Å². The SMILES string of the molecule is CN=C(N(C)C)S(=O)[O-]. The number of hydrogen-bond donors (Lipinski definition) is 0. The van der Waals surface area contributed by atoms with Crippen LogP contribution in [0.3, 0.4) is 0 Å². The van der Waals surface area contributed by atoms with Crippen LogP contribution < -0.4 is 0 Å². The molecular formula is C4H9N2O2S-. The molecule has 54 valence electrons. The van der Waals surface area contributed by atoms with Crippen LogP contribution in [0.2, 0.25) is 0 Å². The van der Waals surface area contributed by atoms with Gasteiger partial charge in [0.25, 0.3) is 0 Å². The predicted molar refractivity (Wildman–Crippen MR) is 36.0 cm³/mol. The Morgan fingerprint density at radius 2 is 2.11 bits per heavy atom. The van der Waals surface area contributed by atoms with Gasteiger partial charge in [0, 0.05) is 32.2 Å². The molecule has 0 bridgehead atoms. The summed E-state index contributed by atoms with van der Waals surface area (Å²) in [4.78, 5) is 4.95. The Bertz CT molecular complexity index is 144. The van der Waals surface area contributed by atoms with E-state index in [4.69, 9.17) is 0 Å². The molecule has 0 aromatic heterocycles. The zero-order valence-corrected chi connectivity index (χ0v) is 6.44. The Balaban J connectivity index is 4.19. The lowest BCUT2D eigenvalue weighted by Crippen LogP contribution is -2.25. The quantitative estimate of drug-likeness (QED) is 0.263. The summed E-state index contributed by atoms with van der Waals surface area (Å²) in [5.74, 6) is 0. The molecule has 0 aromatic carbocycles. The highest BCUT2D eigenvalue weighted by atomic mass is 32.2. The lowest BCUT2D eigenvalue weighted by atomic mass is 10.9. The third-order valence-corrected chi connectivity index (χ3v) is 1.57. The lowest BCUT2D eigenvalue weighted by molar-refractivity contribution is 0.537. The molecule has 1 unspecified atom stereocenters. The zero-order chi connectivity index (χ0) is 7.44. The van der Waals surface area contributed by atoms with Crippen molar-refractivity contribution < 1.29 is 8.76 Å². The highest BCUT2D eigenvalue weighted by Gasteiger charge is 1.97. The van der Waals surface area contributed by atoms with Crippen molar-refractivity contribution >= 4 is 16.2 Å². The number of aliphatic imine (C=N–C) groups is 1. The Morgan fingerprint density at radius 3 is 2.11 bits per heavy atom. The van der Waals surface area contributed by atoms with E-state index in [-0.39, 0.29) is 5.17 Å². The van der Waals surface area contributed by atoms with Crippen molar-refractivity contribution in [3.05, 3.63) is 0 Å². The summed E-state index contributed by atoms with van der Waals surface area (Å²) in [6.07, 6.45) is 0. The average molecular weight is 149 g/mol. The Hall–Kier alpha value is -0.420. The van der Waals surface area contributed by atoms with Crippen molar-refractivity contribution in [2.75, 3.05) is 21.1 Å². The Labute approximate surface area is 56.9 Å². The number of nitrogens with zero attached hydrogens (tertiary/aromatic N) is 2. The predicted octanol–water partition coefficient (Wildman–Crippen LogP) is -0.587. The molecule has 0 aliphatic carbocycles. The molecule has 4 nitrogen and oxygen atoms in total. The van der Waals surface area contributed by atoms with E-state index >= 15 is 0 Å². The van der Waals surface area contributed by atoms with Gasteiger partial charge in [-0.2, -0.15) is 0 Å². The minimum Gasteiger partial charge on any atom is -0.766 e. The highest BCUT2D eigenvalue weighted by Crippen LogP contribution is 1.85. The van der Waals surface area contributed by atoms with Gasteiger partial charge in [-0.3, -0.25) is 9.20 Å². The van der Waals surface area contributed by atoms with Gasteiger partial charge in [0.15, 0.2) is 5.17 Å². The molecule has 5 heteroatoms. The van der Waals surface area contributed by atoms with Crippen molar-refractivity contribution in [3.63, 3.8) is 0 Å². The fourth-order valence-electron chi connectivity index (χ4n) is 0.424. The molecule has 0 spiro atoms. The van der Waals surface area contributed by atoms with Gasteiger partial charge >= 0.3 is 0 Å². The van der Waals surface area contributed by atoms with Crippen LogP contribution in [0.5, 0.6) is 0 Å². The molecule has 0 aromatic rings. The van der Waals surface area contributed by atoms with E-state index < -0.39 is 11.1 Å². The normalized spacial score (nSPS) is 15.3. The van der Waals surface area contributed by atoms with Gasteiger partial charge in [0.2, 0.25) is 0 Å². The van der Waals surface area contributed by atoms with Crippen LogP contribution in [0.25, 0.3) is 0 Å². The minimum atomic E-state index is -2.21. The van der Waals surface area contributed by atoms with Crippen LogP contribution in [0.1, 0.15) is 0 Å². The van der Waals surface area contributed by atoms with Crippen LogP contribution in [0.4, 0.5) is 0 Å². The van der Waals surface area contributed by atoms with Crippen molar-refractivity contribution in [1.29, 1.82) is 0 Å². The van der Waals surface area contributed by atoms with Gasteiger partial charge in [-0.05, 0) is 0 Å². The maximum absolute atomic E-state index is 10.2. The van der Waals surface area contributed by atoms with E-state index in [9.17, 15) is 8.76 Å². The standard InChI is InChI=1S/C4H10N2O2S/c1-5-4(6(2)3)9(7)8/h1-3H3,(H,7,8)/p-1.